The van der Waals surface area contributed by atoms with Gasteiger partial charge in [0.15, 0.2) is 0 Å². The Kier molecular flexibility index (Phi) is 6.71. The van der Waals surface area contributed by atoms with Crippen molar-refractivity contribution < 1.29 is 23.1 Å². The molecule has 0 atom stereocenters. The summed E-state index contributed by atoms with van der Waals surface area (Å²) >= 11 is 5.85. The Labute approximate surface area is 147 Å². The Balaban J connectivity index is 1.86. The molecule has 0 aliphatic heterocycles. The van der Waals surface area contributed by atoms with Crippen LogP contribution in [0.3, 0.4) is 0 Å². The van der Waals surface area contributed by atoms with Crippen LogP contribution in [0.1, 0.15) is 15.9 Å². The van der Waals surface area contributed by atoms with Gasteiger partial charge in [0.05, 0.1) is 12.1 Å². The highest BCUT2D eigenvalue weighted by Crippen LogP contribution is 2.19. The third-order valence-electron chi connectivity index (χ3n) is 3.14. The molecule has 2 N–H and O–H groups in total. The molecule has 0 unspecified atom stereocenters. The molecule has 0 saturated carbocycles. The van der Waals surface area contributed by atoms with E-state index in [0.717, 1.165) is 5.56 Å². The van der Waals surface area contributed by atoms with Crippen LogP contribution in [0.5, 0.6) is 5.75 Å². The van der Waals surface area contributed by atoms with Gasteiger partial charge >= 0.3 is 6.61 Å². The van der Waals surface area contributed by atoms with Crippen molar-refractivity contribution in [2.75, 3.05) is 6.54 Å². The van der Waals surface area contributed by atoms with E-state index in [4.69, 9.17) is 11.6 Å². The molecule has 0 fully saturated rings. The van der Waals surface area contributed by atoms with Gasteiger partial charge in [-0.1, -0.05) is 35.9 Å². The lowest BCUT2D eigenvalue weighted by molar-refractivity contribution is -0.120. The zero-order chi connectivity index (χ0) is 18.2. The minimum Gasteiger partial charge on any atom is -0.434 e. The summed E-state index contributed by atoms with van der Waals surface area (Å²) in [6.07, 6.45) is 0. The maximum Gasteiger partial charge on any atom is 0.387 e. The molecule has 0 aromatic heterocycles. The Morgan fingerprint density at radius 3 is 2.56 bits per heavy atom. The molecule has 2 amide bonds. The molecule has 0 bridgehead atoms. The molecule has 0 saturated heterocycles. The first kappa shape index (κ1) is 18.7. The van der Waals surface area contributed by atoms with Gasteiger partial charge in [-0.15, -0.1) is 0 Å². The van der Waals surface area contributed by atoms with Crippen LogP contribution >= 0.6 is 11.6 Å². The summed E-state index contributed by atoms with van der Waals surface area (Å²) in [5.41, 5.74) is 0.730. The molecular formula is C17H15ClF2N2O3. The zero-order valence-corrected chi connectivity index (χ0v) is 13.7. The van der Waals surface area contributed by atoms with Crippen molar-refractivity contribution in [2.24, 2.45) is 0 Å². The van der Waals surface area contributed by atoms with E-state index >= 15 is 0 Å². The smallest absolute Gasteiger partial charge is 0.387 e. The molecule has 0 spiro atoms. The Morgan fingerprint density at radius 1 is 1.08 bits per heavy atom. The van der Waals surface area contributed by atoms with Crippen LogP contribution in [-0.4, -0.2) is 25.0 Å². The van der Waals surface area contributed by atoms with Gasteiger partial charge in [-0.05, 0) is 29.8 Å². The summed E-state index contributed by atoms with van der Waals surface area (Å²) in [6, 6.07) is 12.5. The van der Waals surface area contributed by atoms with Crippen molar-refractivity contribution in [3.05, 3.63) is 64.7 Å². The number of carbonyl (C=O) groups excluding carboxylic acids is 2. The number of carbonyl (C=O) groups is 2. The first-order valence-electron chi connectivity index (χ1n) is 7.29. The Bertz CT molecular complexity index is 756. The number of nitrogens with one attached hydrogen (secondary N) is 2. The van der Waals surface area contributed by atoms with Gasteiger partial charge in [-0.3, -0.25) is 9.59 Å². The summed E-state index contributed by atoms with van der Waals surface area (Å²) in [5.74, 6) is -1.37. The topological polar surface area (TPSA) is 67.4 Å². The maximum atomic E-state index is 12.3. The predicted octanol–water partition coefficient (Wildman–Crippen LogP) is 2.99. The fourth-order valence-electron chi connectivity index (χ4n) is 2.02. The van der Waals surface area contributed by atoms with Crippen molar-refractivity contribution >= 4 is 23.4 Å². The first-order valence-corrected chi connectivity index (χ1v) is 7.66. The van der Waals surface area contributed by atoms with Gasteiger partial charge in [-0.2, -0.15) is 8.78 Å². The standard InChI is InChI=1S/C17H15ClF2N2O3/c18-12-5-3-4-11(8-12)9-21-15(23)10-22-16(24)13-6-1-2-7-14(13)25-17(19)20/h1-8,17H,9-10H2,(H,21,23)(H,22,24). The van der Waals surface area contributed by atoms with Crippen molar-refractivity contribution in [1.29, 1.82) is 0 Å². The van der Waals surface area contributed by atoms with Crippen LogP contribution in [-0.2, 0) is 11.3 Å². The van der Waals surface area contributed by atoms with E-state index in [2.05, 4.69) is 15.4 Å². The van der Waals surface area contributed by atoms with E-state index in [1.807, 2.05) is 0 Å². The summed E-state index contributed by atoms with van der Waals surface area (Å²) in [6.45, 7) is -3.10. The van der Waals surface area contributed by atoms with Crippen molar-refractivity contribution in [3.8, 4) is 5.75 Å². The molecule has 0 radical (unpaired) electrons. The largest absolute Gasteiger partial charge is 0.434 e. The highest BCUT2D eigenvalue weighted by atomic mass is 35.5. The van der Waals surface area contributed by atoms with Crippen molar-refractivity contribution in [1.82, 2.24) is 10.6 Å². The molecule has 132 valence electrons. The SMILES string of the molecule is O=C(CNC(=O)c1ccccc1OC(F)F)NCc1cccc(Cl)c1. The van der Waals surface area contributed by atoms with Crippen LogP contribution < -0.4 is 15.4 Å². The number of rotatable bonds is 7. The fourth-order valence-corrected chi connectivity index (χ4v) is 2.23. The summed E-state index contributed by atoms with van der Waals surface area (Å²) in [7, 11) is 0. The zero-order valence-electron chi connectivity index (χ0n) is 13.0. The molecule has 0 aliphatic rings. The molecule has 2 rings (SSSR count). The number of ether oxygens (including phenoxy) is 1. The lowest BCUT2D eigenvalue weighted by Crippen LogP contribution is -2.36. The molecule has 5 nitrogen and oxygen atoms in total. The lowest BCUT2D eigenvalue weighted by atomic mass is 10.2. The van der Waals surface area contributed by atoms with Gasteiger partial charge in [0.2, 0.25) is 5.91 Å². The van der Waals surface area contributed by atoms with E-state index in [0.29, 0.717) is 5.02 Å². The van der Waals surface area contributed by atoms with Crippen molar-refractivity contribution in [2.45, 2.75) is 13.2 Å². The summed E-state index contributed by atoms with van der Waals surface area (Å²) < 4.78 is 29.0. The Hall–Kier alpha value is -2.67. The van der Waals surface area contributed by atoms with E-state index in [-0.39, 0.29) is 24.4 Å². The Morgan fingerprint density at radius 2 is 1.84 bits per heavy atom. The van der Waals surface area contributed by atoms with E-state index < -0.39 is 18.4 Å². The van der Waals surface area contributed by atoms with Crippen LogP contribution in [0.4, 0.5) is 8.78 Å². The number of benzene rings is 2. The third kappa shape index (κ3) is 6.04. The second-order valence-corrected chi connectivity index (χ2v) is 5.40. The number of halogens is 3. The molecule has 2 aromatic carbocycles. The number of hydrogen-bond donors (Lipinski definition) is 2. The van der Waals surface area contributed by atoms with E-state index in [1.54, 1.807) is 24.3 Å². The second kappa shape index (κ2) is 8.98. The van der Waals surface area contributed by atoms with Gasteiger partial charge in [-0.25, -0.2) is 0 Å². The first-order chi connectivity index (χ1) is 12.0. The minimum absolute atomic E-state index is 0.0783. The highest BCUT2D eigenvalue weighted by Gasteiger charge is 2.15. The quantitative estimate of drug-likeness (QED) is 0.789. The van der Waals surface area contributed by atoms with Crippen LogP contribution in [0.25, 0.3) is 0 Å². The normalized spacial score (nSPS) is 10.4. The number of alkyl halides is 2. The average molecular weight is 369 g/mol. The van der Waals surface area contributed by atoms with Gasteiger partial charge < -0.3 is 15.4 Å². The monoisotopic (exact) mass is 368 g/mol. The third-order valence-corrected chi connectivity index (χ3v) is 3.37. The van der Waals surface area contributed by atoms with E-state index in [1.165, 1.54) is 24.3 Å². The van der Waals surface area contributed by atoms with Crippen LogP contribution in [0, 0.1) is 0 Å². The number of para-hydroxylation sites is 1. The summed E-state index contributed by atoms with van der Waals surface area (Å²) in [4.78, 5) is 23.8. The molecule has 25 heavy (non-hydrogen) atoms. The van der Waals surface area contributed by atoms with E-state index in [9.17, 15) is 18.4 Å². The number of hydrogen-bond acceptors (Lipinski definition) is 3. The van der Waals surface area contributed by atoms with Gasteiger partial charge in [0, 0.05) is 11.6 Å². The maximum absolute atomic E-state index is 12.3. The average Bonchev–Trinajstić information content (AvgIpc) is 2.58. The highest BCUT2D eigenvalue weighted by molar-refractivity contribution is 6.30. The lowest BCUT2D eigenvalue weighted by Gasteiger charge is -2.11. The van der Waals surface area contributed by atoms with Gasteiger partial charge in [0.25, 0.3) is 5.91 Å². The molecule has 0 aliphatic carbocycles. The van der Waals surface area contributed by atoms with Gasteiger partial charge in [0.1, 0.15) is 5.75 Å². The molecular weight excluding hydrogens is 354 g/mol. The predicted molar refractivity (Wildman–Crippen MR) is 88.7 cm³/mol. The molecule has 8 heteroatoms. The van der Waals surface area contributed by atoms with Crippen LogP contribution in [0.2, 0.25) is 5.02 Å². The van der Waals surface area contributed by atoms with Crippen LogP contribution in [0.15, 0.2) is 48.5 Å². The molecule has 0 heterocycles. The second-order valence-electron chi connectivity index (χ2n) is 4.96. The van der Waals surface area contributed by atoms with Crippen molar-refractivity contribution in [3.63, 3.8) is 0 Å². The fraction of sp³-hybridized carbons (Fsp3) is 0.176. The summed E-state index contributed by atoms with van der Waals surface area (Å²) in [5, 5.41) is 5.53. The minimum atomic E-state index is -3.05. The molecule has 2 aromatic rings. The number of amides is 2.